The number of hydrogen-bond acceptors (Lipinski definition) is 2. The van der Waals surface area contributed by atoms with Crippen LogP contribution in [0.25, 0.3) is 0 Å². The summed E-state index contributed by atoms with van der Waals surface area (Å²) in [5.41, 5.74) is 1.34. The molecule has 1 aromatic heterocycles. The zero-order valence-electron chi connectivity index (χ0n) is 9.45. The van der Waals surface area contributed by atoms with Crippen LogP contribution in [0.15, 0.2) is 12.4 Å². The van der Waals surface area contributed by atoms with Gasteiger partial charge in [0.15, 0.2) is 0 Å². The van der Waals surface area contributed by atoms with Crippen molar-refractivity contribution in [2.24, 2.45) is 7.05 Å². The molecule has 0 aliphatic rings. The second kappa shape index (κ2) is 5.81. The molecule has 3 heteroatoms. The van der Waals surface area contributed by atoms with Crippen LogP contribution in [0, 0.1) is 0 Å². The van der Waals surface area contributed by atoms with Crippen molar-refractivity contribution in [3.8, 4) is 0 Å². The first-order valence-corrected chi connectivity index (χ1v) is 5.39. The lowest BCUT2D eigenvalue weighted by Gasteiger charge is -2.06. The van der Waals surface area contributed by atoms with Gasteiger partial charge in [0.2, 0.25) is 0 Å². The van der Waals surface area contributed by atoms with E-state index < -0.39 is 0 Å². The van der Waals surface area contributed by atoms with Crippen molar-refractivity contribution in [2.45, 2.75) is 39.2 Å². The number of rotatable bonds is 6. The van der Waals surface area contributed by atoms with E-state index in [4.69, 9.17) is 0 Å². The number of unbranched alkanes of at least 4 members (excludes halogenated alkanes) is 1. The summed E-state index contributed by atoms with van der Waals surface area (Å²) in [5, 5.41) is 7.56. The molecule has 1 aromatic rings. The average molecular weight is 195 g/mol. The first-order chi connectivity index (χ1) is 6.68. The highest BCUT2D eigenvalue weighted by Crippen LogP contribution is 2.02. The van der Waals surface area contributed by atoms with Crippen molar-refractivity contribution in [2.75, 3.05) is 6.54 Å². The van der Waals surface area contributed by atoms with E-state index in [2.05, 4.69) is 30.5 Å². The number of nitrogens with one attached hydrogen (secondary N) is 1. The van der Waals surface area contributed by atoms with Crippen LogP contribution in [0.5, 0.6) is 0 Å². The molecule has 3 nitrogen and oxygen atoms in total. The first-order valence-electron chi connectivity index (χ1n) is 5.39. The second-order valence-corrected chi connectivity index (χ2v) is 4.09. The Morgan fingerprint density at radius 1 is 1.43 bits per heavy atom. The quantitative estimate of drug-likeness (QED) is 0.701. The fraction of sp³-hybridized carbons (Fsp3) is 0.727. The summed E-state index contributed by atoms with van der Waals surface area (Å²) < 4.78 is 1.86. The molecule has 0 saturated heterocycles. The third kappa shape index (κ3) is 4.42. The van der Waals surface area contributed by atoms with Crippen LogP contribution in [0.4, 0.5) is 0 Å². The molecule has 0 saturated carbocycles. The number of aromatic nitrogens is 2. The lowest BCUT2D eigenvalue weighted by molar-refractivity contribution is 0.557. The van der Waals surface area contributed by atoms with Gasteiger partial charge in [-0.05, 0) is 31.4 Å². The molecule has 0 aromatic carbocycles. The molecule has 0 bridgehead atoms. The smallest absolute Gasteiger partial charge is 0.0521 e. The Morgan fingerprint density at radius 3 is 2.79 bits per heavy atom. The zero-order valence-corrected chi connectivity index (χ0v) is 9.45. The van der Waals surface area contributed by atoms with Crippen molar-refractivity contribution in [1.82, 2.24) is 15.1 Å². The molecule has 0 aliphatic carbocycles. The number of aryl methyl sites for hydroxylation is 2. The van der Waals surface area contributed by atoms with Gasteiger partial charge < -0.3 is 5.32 Å². The monoisotopic (exact) mass is 195 g/mol. The normalized spacial score (nSPS) is 11.1. The van der Waals surface area contributed by atoms with Gasteiger partial charge in [-0.3, -0.25) is 4.68 Å². The molecule has 0 radical (unpaired) electrons. The van der Waals surface area contributed by atoms with Crippen molar-refractivity contribution in [3.63, 3.8) is 0 Å². The predicted octanol–water partition coefficient (Wildman–Crippen LogP) is 1.74. The fourth-order valence-electron chi connectivity index (χ4n) is 1.45. The minimum absolute atomic E-state index is 0.605. The molecule has 1 heterocycles. The fourth-order valence-corrected chi connectivity index (χ4v) is 1.45. The largest absolute Gasteiger partial charge is 0.315 e. The molecule has 14 heavy (non-hydrogen) atoms. The minimum atomic E-state index is 0.605. The van der Waals surface area contributed by atoms with E-state index in [0.717, 1.165) is 13.0 Å². The van der Waals surface area contributed by atoms with E-state index in [1.165, 1.54) is 18.4 Å². The molecule has 0 aliphatic heterocycles. The lowest BCUT2D eigenvalue weighted by atomic mass is 10.1. The summed E-state index contributed by atoms with van der Waals surface area (Å²) in [6, 6.07) is 0.605. The maximum Gasteiger partial charge on any atom is 0.0521 e. The van der Waals surface area contributed by atoms with Gasteiger partial charge in [0.1, 0.15) is 0 Å². The summed E-state index contributed by atoms with van der Waals surface area (Å²) in [6.07, 6.45) is 7.68. The van der Waals surface area contributed by atoms with E-state index in [1.807, 2.05) is 17.9 Å². The number of nitrogens with zero attached hydrogens (tertiary/aromatic N) is 2. The molecule has 1 rings (SSSR count). The zero-order chi connectivity index (χ0) is 10.4. The van der Waals surface area contributed by atoms with Gasteiger partial charge >= 0.3 is 0 Å². The van der Waals surface area contributed by atoms with Gasteiger partial charge in [-0.2, -0.15) is 5.10 Å². The van der Waals surface area contributed by atoms with Crippen molar-refractivity contribution in [3.05, 3.63) is 18.0 Å². The van der Waals surface area contributed by atoms with E-state index in [1.54, 1.807) is 0 Å². The first kappa shape index (κ1) is 11.2. The van der Waals surface area contributed by atoms with Crippen LogP contribution in [-0.4, -0.2) is 22.4 Å². The van der Waals surface area contributed by atoms with Gasteiger partial charge in [0.25, 0.3) is 0 Å². The molecule has 0 amide bonds. The highest BCUT2D eigenvalue weighted by atomic mass is 15.2. The SMILES string of the molecule is CC(C)NCCCCc1cnn(C)c1. The maximum absolute atomic E-state index is 4.14. The Morgan fingerprint density at radius 2 is 2.21 bits per heavy atom. The molecule has 80 valence electrons. The Hall–Kier alpha value is -0.830. The number of hydrogen-bond donors (Lipinski definition) is 1. The summed E-state index contributed by atoms with van der Waals surface area (Å²) in [5.74, 6) is 0. The van der Waals surface area contributed by atoms with Crippen LogP contribution in [0.1, 0.15) is 32.3 Å². The predicted molar refractivity (Wildman–Crippen MR) is 59.3 cm³/mol. The van der Waals surface area contributed by atoms with Gasteiger partial charge in [0, 0.05) is 19.3 Å². The van der Waals surface area contributed by atoms with E-state index in [-0.39, 0.29) is 0 Å². The molecule has 0 fully saturated rings. The summed E-state index contributed by atoms with van der Waals surface area (Å²) in [4.78, 5) is 0. The highest BCUT2D eigenvalue weighted by Gasteiger charge is 1.96. The van der Waals surface area contributed by atoms with Crippen molar-refractivity contribution < 1.29 is 0 Å². The molecular weight excluding hydrogens is 174 g/mol. The second-order valence-electron chi connectivity index (χ2n) is 4.09. The van der Waals surface area contributed by atoms with Crippen LogP contribution < -0.4 is 5.32 Å². The van der Waals surface area contributed by atoms with Crippen LogP contribution in [0.3, 0.4) is 0 Å². The standard InChI is InChI=1S/C11H21N3/c1-10(2)12-7-5-4-6-11-8-13-14(3)9-11/h8-10,12H,4-7H2,1-3H3. The Labute approximate surface area is 86.5 Å². The molecule has 0 spiro atoms. The maximum atomic E-state index is 4.14. The van der Waals surface area contributed by atoms with Crippen molar-refractivity contribution >= 4 is 0 Å². The Bertz CT molecular complexity index is 253. The topological polar surface area (TPSA) is 29.9 Å². The summed E-state index contributed by atoms with van der Waals surface area (Å²) >= 11 is 0. The van der Waals surface area contributed by atoms with Crippen LogP contribution in [-0.2, 0) is 13.5 Å². The van der Waals surface area contributed by atoms with E-state index in [0.29, 0.717) is 6.04 Å². The Kier molecular flexibility index (Phi) is 4.66. The van der Waals surface area contributed by atoms with E-state index in [9.17, 15) is 0 Å². The van der Waals surface area contributed by atoms with Gasteiger partial charge in [0.05, 0.1) is 6.20 Å². The van der Waals surface area contributed by atoms with Crippen LogP contribution >= 0.6 is 0 Å². The highest BCUT2D eigenvalue weighted by molar-refractivity contribution is 5.03. The minimum Gasteiger partial charge on any atom is -0.315 e. The molecular formula is C11H21N3. The Balaban J connectivity index is 2.04. The van der Waals surface area contributed by atoms with Gasteiger partial charge in [-0.1, -0.05) is 13.8 Å². The van der Waals surface area contributed by atoms with Gasteiger partial charge in [-0.25, -0.2) is 0 Å². The molecule has 1 N–H and O–H groups in total. The summed E-state index contributed by atoms with van der Waals surface area (Å²) in [6.45, 7) is 5.49. The third-order valence-corrected chi connectivity index (χ3v) is 2.20. The lowest BCUT2D eigenvalue weighted by Crippen LogP contribution is -2.23. The van der Waals surface area contributed by atoms with E-state index >= 15 is 0 Å². The average Bonchev–Trinajstić information content (AvgIpc) is 2.50. The summed E-state index contributed by atoms with van der Waals surface area (Å²) in [7, 11) is 1.96. The van der Waals surface area contributed by atoms with Crippen molar-refractivity contribution in [1.29, 1.82) is 0 Å². The molecule has 0 unspecified atom stereocenters. The van der Waals surface area contributed by atoms with Crippen LogP contribution in [0.2, 0.25) is 0 Å². The van der Waals surface area contributed by atoms with Gasteiger partial charge in [-0.15, -0.1) is 0 Å². The molecule has 0 atom stereocenters. The third-order valence-electron chi connectivity index (χ3n) is 2.20.